The van der Waals surface area contributed by atoms with Crippen LogP contribution in [0, 0.1) is 0 Å². The summed E-state index contributed by atoms with van der Waals surface area (Å²) in [6.45, 7) is 16.1. The summed E-state index contributed by atoms with van der Waals surface area (Å²) in [5.41, 5.74) is 4.07. The number of nitrogens with zero attached hydrogens (tertiary/aromatic N) is 2. The predicted octanol–water partition coefficient (Wildman–Crippen LogP) is 12.7. The molecule has 306 valence electrons. The minimum Gasteiger partial charge on any atom is -0.461 e. The first-order chi connectivity index (χ1) is 26.5. The van der Waals surface area contributed by atoms with Gasteiger partial charge in [-0.1, -0.05) is 154 Å². The van der Waals surface area contributed by atoms with Gasteiger partial charge in [0.15, 0.2) is 0 Å². The Labute approximate surface area is 332 Å². The Bertz CT molecular complexity index is 1120. The van der Waals surface area contributed by atoms with Crippen LogP contribution in [0.5, 0.6) is 0 Å². The molecular formula is C48H80N2O4. The van der Waals surface area contributed by atoms with E-state index in [0.717, 1.165) is 74.4 Å². The summed E-state index contributed by atoms with van der Waals surface area (Å²) < 4.78 is 11.4. The molecule has 0 N–H and O–H groups in total. The predicted molar refractivity (Wildman–Crippen MR) is 229 cm³/mol. The van der Waals surface area contributed by atoms with Crippen LogP contribution in [0.15, 0.2) is 48.5 Å². The number of ether oxygens (including phenoxy) is 2. The van der Waals surface area contributed by atoms with Crippen LogP contribution in [-0.2, 0) is 32.3 Å². The standard InChI is InChI=1S/C48H80N2O4/c1-5-9-13-17-21-35-49(33-19-15-11-7-3)37-25-31-47(51)53-41-43-27-23-29-45(39-43)46-30-24-28-44(40-46)42-54-48(52)32-26-38-50(34-20-16-12-8-4)36-22-18-14-10-6-2/h23-24,27-30,39-40H,5-22,25-26,31-38,41-42H2,1-4H3. The average Bonchev–Trinajstić information content (AvgIpc) is 3.19. The molecule has 2 rings (SSSR count). The number of rotatable bonds is 35. The molecule has 0 fully saturated rings. The third-order valence-electron chi connectivity index (χ3n) is 10.5. The van der Waals surface area contributed by atoms with Gasteiger partial charge < -0.3 is 19.3 Å². The Morgan fingerprint density at radius 1 is 0.426 bits per heavy atom. The first-order valence-electron chi connectivity index (χ1n) is 22.4. The van der Waals surface area contributed by atoms with Gasteiger partial charge in [0.25, 0.3) is 0 Å². The van der Waals surface area contributed by atoms with Gasteiger partial charge in [-0.2, -0.15) is 0 Å². The normalized spacial score (nSPS) is 11.4. The number of unbranched alkanes of at least 4 members (excludes halogenated alkanes) is 14. The van der Waals surface area contributed by atoms with Gasteiger partial charge in [0.2, 0.25) is 0 Å². The maximum absolute atomic E-state index is 12.7. The highest BCUT2D eigenvalue weighted by Crippen LogP contribution is 2.23. The van der Waals surface area contributed by atoms with Crippen LogP contribution >= 0.6 is 0 Å². The van der Waals surface area contributed by atoms with Crippen molar-refractivity contribution in [2.75, 3.05) is 39.3 Å². The zero-order valence-electron chi connectivity index (χ0n) is 35.4. The summed E-state index contributed by atoms with van der Waals surface area (Å²) in [6, 6.07) is 16.4. The van der Waals surface area contributed by atoms with Gasteiger partial charge >= 0.3 is 11.9 Å². The third kappa shape index (κ3) is 23.9. The number of hydrogen-bond acceptors (Lipinski definition) is 6. The first kappa shape index (κ1) is 47.5. The molecule has 0 bridgehead atoms. The van der Waals surface area contributed by atoms with E-state index in [4.69, 9.17) is 9.47 Å². The SMILES string of the molecule is CCCCCCCN(CCCCCC)CCCC(=O)OCc1cccc(-c2cccc(COC(=O)CCCN(CCCCCC)CCCCCCC)c2)c1. The minimum absolute atomic E-state index is 0.125. The van der Waals surface area contributed by atoms with Crippen molar-refractivity contribution in [3.8, 4) is 11.1 Å². The summed E-state index contributed by atoms with van der Waals surface area (Å²) in [7, 11) is 0. The topological polar surface area (TPSA) is 59.1 Å². The minimum atomic E-state index is -0.125. The van der Waals surface area contributed by atoms with Crippen LogP contribution < -0.4 is 0 Å². The molecule has 0 unspecified atom stereocenters. The fourth-order valence-electron chi connectivity index (χ4n) is 7.12. The van der Waals surface area contributed by atoms with E-state index in [2.05, 4.69) is 61.8 Å². The third-order valence-corrected chi connectivity index (χ3v) is 10.5. The molecule has 2 aromatic rings. The largest absolute Gasteiger partial charge is 0.461 e. The van der Waals surface area contributed by atoms with Crippen molar-refractivity contribution in [3.05, 3.63) is 59.7 Å². The van der Waals surface area contributed by atoms with Crippen molar-refractivity contribution < 1.29 is 19.1 Å². The highest BCUT2D eigenvalue weighted by Gasteiger charge is 2.11. The second kappa shape index (κ2) is 32.5. The number of esters is 2. The number of carbonyl (C=O) groups excluding carboxylic acids is 2. The summed E-state index contributed by atoms with van der Waals surface area (Å²) in [4.78, 5) is 30.5. The van der Waals surface area contributed by atoms with Crippen molar-refractivity contribution >= 4 is 11.9 Å². The quantitative estimate of drug-likeness (QED) is 0.0517. The molecule has 0 aliphatic heterocycles. The Balaban J connectivity index is 1.78. The molecule has 6 heteroatoms. The Morgan fingerprint density at radius 3 is 1.09 bits per heavy atom. The summed E-state index contributed by atoms with van der Waals surface area (Å²) >= 11 is 0. The molecule has 0 amide bonds. The van der Waals surface area contributed by atoms with Gasteiger partial charge in [-0.25, -0.2) is 0 Å². The van der Waals surface area contributed by atoms with Crippen LogP contribution in [0.2, 0.25) is 0 Å². The van der Waals surface area contributed by atoms with E-state index >= 15 is 0 Å². The maximum atomic E-state index is 12.7. The highest BCUT2D eigenvalue weighted by atomic mass is 16.5. The first-order valence-corrected chi connectivity index (χ1v) is 22.4. The van der Waals surface area contributed by atoms with Crippen LogP contribution in [-0.4, -0.2) is 61.0 Å². The fraction of sp³-hybridized carbons (Fsp3) is 0.708. The van der Waals surface area contributed by atoms with Crippen LogP contribution in [0.3, 0.4) is 0 Å². The smallest absolute Gasteiger partial charge is 0.306 e. The van der Waals surface area contributed by atoms with Gasteiger partial charge in [-0.05, 0) is 112 Å². The number of carbonyl (C=O) groups is 2. The molecule has 0 saturated carbocycles. The zero-order valence-corrected chi connectivity index (χ0v) is 35.4. The molecular weight excluding hydrogens is 669 g/mol. The maximum Gasteiger partial charge on any atom is 0.306 e. The lowest BCUT2D eigenvalue weighted by Gasteiger charge is -2.22. The average molecular weight is 749 g/mol. The number of benzene rings is 2. The molecule has 0 aliphatic carbocycles. The van der Waals surface area contributed by atoms with Gasteiger partial charge in [0.05, 0.1) is 0 Å². The van der Waals surface area contributed by atoms with E-state index in [1.807, 2.05) is 24.3 Å². The molecule has 0 atom stereocenters. The van der Waals surface area contributed by atoms with E-state index < -0.39 is 0 Å². The van der Waals surface area contributed by atoms with Crippen molar-refractivity contribution in [2.45, 2.75) is 182 Å². The summed E-state index contributed by atoms with van der Waals surface area (Å²) in [5.74, 6) is -0.250. The van der Waals surface area contributed by atoms with E-state index in [-0.39, 0.29) is 25.2 Å². The summed E-state index contributed by atoms with van der Waals surface area (Å²) in [5, 5.41) is 0. The van der Waals surface area contributed by atoms with E-state index in [1.165, 1.54) is 116 Å². The van der Waals surface area contributed by atoms with Gasteiger partial charge in [0.1, 0.15) is 13.2 Å². The van der Waals surface area contributed by atoms with Crippen molar-refractivity contribution in [1.29, 1.82) is 0 Å². The molecule has 0 radical (unpaired) electrons. The number of hydrogen-bond donors (Lipinski definition) is 0. The Hall–Kier alpha value is -2.70. The van der Waals surface area contributed by atoms with Gasteiger partial charge in [-0.3, -0.25) is 9.59 Å². The lowest BCUT2D eigenvalue weighted by atomic mass is 10.0. The zero-order chi connectivity index (χ0) is 38.9. The summed E-state index contributed by atoms with van der Waals surface area (Å²) in [6.07, 6.45) is 25.8. The molecule has 2 aromatic carbocycles. The van der Waals surface area contributed by atoms with E-state index in [9.17, 15) is 9.59 Å². The molecule has 0 heterocycles. The fourth-order valence-corrected chi connectivity index (χ4v) is 7.12. The van der Waals surface area contributed by atoms with Crippen molar-refractivity contribution in [3.63, 3.8) is 0 Å². The van der Waals surface area contributed by atoms with Crippen molar-refractivity contribution in [1.82, 2.24) is 9.80 Å². The molecule has 0 aliphatic rings. The van der Waals surface area contributed by atoms with E-state index in [1.54, 1.807) is 0 Å². The lowest BCUT2D eigenvalue weighted by Crippen LogP contribution is -2.28. The lowest BCUT2D eigenvalue weighted by molar-refractivity contribution is -0.146. The van der Waals surface area contributed by atoms with Gasteiger partial charge in [-0.15, -0.1) is 0 Å². The van der Waals surface area contributed by atoms with Crippen LogP contribution in [0.4, 0.5) is 0 Å². The van der Waals surface area contributed by atoms with E-state index in [0.29, 0.717) is 12.8 Å². The van der Waals surface area contributed by atoms with Crippen LogP contribution in [0.1, 0.15) is 180 Å². The molecule has 0 saturated heterocycles. The highest BCUT2D eigenvalue weighted by molar-refractivity contribution is 5.70. The Kier molecular flexibility index (Phi) is 28.6. The second-order valence-corrected chi connectivity index (χ2v) is 15.6. The van der Waals surface area contributed by atoms with Crippen molar-refractivity contribution in [2.24, 2.45) is 0 Å². The molecule has 0 spiro atoms. The molecule has 54 heavy (non-hydrogen) atoms. The van der Waals surface area contributed by atoms with Crippen LogP contribution in [0.25, 0.3) is 11.1 Å². The second-order valence-electron chi connectivity index (χ2n) is 15.6. The monoisotopic (exact) mass is 749 g/mol. The van der Waals surface area contributed by atoms with Gasteiger partial charge in [0, 0.05) is 12.8 Å². The molecule has 6 nitrogen and oxygen atoms in total. The Morgan fingerprint density at radius 2 is 0.741 bits per heavy atom. The molecule has 0 aromatic heterocycles.